The summed E-state index contributed by atoms with van der Waals surface area (Å²) in [5.74, 6) is -1.12. The van der Waals surface area contributed by atoms with Crippen molar-refractivity contribution >= 4 is 12.1 Å². The molecule has 1 rings (SSSR count). The molecule has 1 saturated heterocycles. The van der Waals surface area contributed by atoms with Gasteiger partial charge in [-0.2, -0.15) is 0 Å². The third kappa shape index (κ3) is 4.50. The molecular weight excluding hydrogens is 242 g/mol. The molecule has 0 aliphatic carbocycles. The molecule has 2 unspecified atom stereocenters. The highest BCUT2D eigenvalue weighted by atomic mass is 16.6. The number of rotatable bonds is 3. The average molecular weight is 261 g/mol. The van der Waals surface area contributed by atoms with Crippen molar-refractivity contribution < 1.29 is 29.3 Å². The van der Waals surface area contributed by atoms with Crippen molar-refractivity contribution in [2.45, 2.75) is 45.1 Å². The van der Waals surface area contributed by atoms with Crippen LogP contribution in [0.4, 0.5) is 4.79 Å². The molecule has 0 bridgehead atoms. The number of ether oxygens (including phenoxy) is 2. The normalized spacial score (nSPS) is 24.1. The van der Waals surface area contributed by atoms with Crippen molar-refractivity contribution in [3.8, 4) is 0 Å². The topological polar surface area (TPSA) is 96.3 Å². The molecule has 1 amide bonds. The monoisotopic (exact) mass is 261 g/mol. The Morgan fingerprint density at radius 1 is 1.39 bits per heavy atom. The zero-order valence-electron chi connectivity index (χ0n) is 10.8. The van der Waals surface area contributed by atoms with Crippen LogP contribution in [0.5, 0.6) is 0 Å². The van der Waals surface area contributed by atoms with Gasteiger partial charge in [-0.1, -0.05) is 0 Å². The molecule has 104 valence electrons. The van der Waals surface area contributed by atoms with Crippen molar-refractivity contribution in [3.05, 3.63) is 0 Å². The van der Waals surface area contributed by atoms with Gasteiger partial charge >= 0.3 is 12.1 Å². The molecule has 0 aromatic carbocycles. The van der Waals surface area contributed by atoms with E-state index in [1.54, 1.807) is 20.8 Å². The Kier molecular flexibility index (Phi) is 4.53. The van der Waals surface area contributed by atoms with Gasteiger partial charge in [0.2, 0.25) is 0 Å². The number of aliphatic hydroxyl groups is 1. The first-order chi connectivity index (χ1) is 8.19. The van der Waals surface area contributed by atoms with Crippen molar-refractivity contribution in [2.75, 3.05) is 13.2 Å². The molecule has 0 radical (unpaired) electrons. The van der Waals surface area contributed by atoms with Crippen LogP contribution in [0.25, 0.3) is 0 Å². The maximum atomic E-state index is 11.8. The van der Waals surface area contributed by atoms with Crippen molar-refractivity contribution in [1.29, 1.82) is 0 Å². The van der Waals surface area contributed by atoms with Gasteiger partial charge in [-0.25, -0.2) is 9.59 Å². The van der Waals surface area contributed by atoms with E-state index in [-0.39, 0.29) is 13.0 Å². The van der Waals surface area contributed by atoms with Gasteiger partial charge in [0.05, 0.1) is 12.6 Å². The number of aliphatic hydroxyl groups excluding tert-OH is 1. The third-order valence-corrected chi connectivity index (χ3v) is 2.26. The minimum atomic E-state index is -1.12. The Labute approximate surface area is 105 Å². The lowest BCUT2D eigenvalue weighted by atomic mass is 10.2. The van der Waals surface area contributed by atoms with Gasteiger partial charge in [0.25, 0.3) is 0 Å². The number of aliphatic carboxylic acids is 1. The van der Waals surface area contributed by atoms with E-state index in [2.05, 4.69) is 0 Å². The number of likely N-dealkylation sites (tertiary alicyclic amines) is 1. The Bertz CT molecular complexity index is 324. The lowest BCUT2D eigenvalue weighted by molar-refractivity contribution is -0.147. The molecular formula is C11H19NO6. The van der Waals surface area contributed by atoms with E-state index < -0.39 is 36.6 Å². The van der Waals surface area contributed by atoms with E-state index in [4.69, 9.17) is 14.6 Å². The quantitative estimate of drug-likeness (QED) is 0.764. The molecule has 18 heavy (non-hydrogen) atoms. The fourth-order valence-electron chi connectivity index (χ4n) is 1.62. The number of nitrogens with zero attached hydrogens (tertiary/aromatic N) is 1. The second-order valence-electron chi connectivity index (χ2n) is 5.18. The Balaban J connectivity index is 2.60. The van der Waals surface area contributed by atoms with Crippen LogP contribution in [-0.2, 0) is 14.3 Å². The number of carbonyl (C=O) groups excluding carboxylic acids is 1. The standard InChI is InChI=1S/C11H19NO6/c1-11(2,3)18-10(16)12-5-7(13)4-8(12)17-6-9(14)15/h7-8,13H,4-6H2,1-3H3,(H,14,15). The first kappa shape index (κ1) is 14.7. The van der Waals surface area contributed by atoms with Crippen LogP contribution in [-0.4, -0.2) is 58.3 Å². The Morgan fingerprint density at radius 3 is 2.50 bits per heavy atom. The molecule has 1 aliphatic rings. The summed E-state index contributed by atoms with van der Waals surface area (Å²) < 4.78 is 10.2. The summed E-state index contributed by atoms with van der Waals surface area (Å²) in [6, 6.07) is 0. The molecule has 0 aromatic rings. The van der Waals surface area contributed by atoms with Crippen molar-refractivity contribution in [2.24, 2.45) is 0 Å². The maximum Gasteiger partial charge on any atom is 0.412 e. The molecule has 2 atom stereocenters. The summed E-state index contributed by atoms with van der Waals surface area (Å²) in [7, 11) is 0. The van der Waals surface area contributed by atoms with E-state index in [1.165, 1.54) is 4.90 Å². The van der Waals surface area contributed by atoms with Gasteiger partial charge in [-0.05, 0) is 20.8 Å². The highest BCUT2D eigenvalue weighted by Gasteiger charge is 2.37. The summed E-state index contributed by atoms with van der Waals surface area (Å²) in [5, 5.41) is 18.0. The van der Waals surface area contributed by atoms with E-state index in [1.807, 2.05) is 0 Å². The lowest BCUT2D eigenvalue weighted by Crippen LogP contribution is -2.41. The second kappa shape index (κ2) is 5.53. The number of carboxylic acid groups (broad SMARTS) is 1. The van der Waals surface area contributed by atoms with Crippen LogP contribution in [0.3, 0.4) is 0 Å². The fourth-order valence-corrected chi connectivity index (χ4v) is 1.62. The maximum absolute atomic E-state index is 11.8. The Hall–Kier alpha value is -1.34. The predicted octanol–water partition coefficient (Wildman–Crippen LogP) is 0.415. The molecule has 1 aliphatic heterocycles. The van der Waals surface area contributed by atoms with Crippen LogP contribution in [0.15, 0.2) is 0 Å². The highest BCUT2D eigenvalue weighted by molar-refractivity contribution is 5.69. The van der Waals surface area contributed by atoms with Crippen molar-refractivity contribution in [3.63, 3.8) is 0 Å². The molecule has 2 N–H and O–H groups in total. The first-order valence-electron chi connectivity index (χ1n) is 5.70. The van der Waals surface area contributed by atoms with Gasteiger partial charge in [-0.15, -0.1) is 0 Å². The summed E-state index contributed by atoms with van der Waals surface area (Å²) in [6.07, 6.45) is -1.91. The van der Waals surface area contributed by atoms with E-state index in [0.717, 1.165) is 0 Å². The summed E-state index contributed by atoms with van der Waals surface area (Å²) in [5.41, 5.74) is -0.651. The smallest absolute Gasteiger partial charge is 0.412 e. The summed E-state index contributed by atoms with van der Waals surface area (Å²) in [4.78, 5) is 23.5. The molecule has 0 aromatic heterocycles. The van der Waals surface area contributed by atoms with Gasteiger partial charge in [0, 0.05) is 6.42 Å². The zero-order chi connectivity index (χ0) is 13.9. The molecule has 1 fully saturated rings. The largest absolute Gasteiger partial charge is 0.480 e. The van der Waals surface area contributed by atoms with Crippen LogP contribution >= 0.6 is 0 Å². The molecule has 1 heterocycles. The third-order valence-electron chi connectivity index (χ3n) is 2.26. The second-order valence-corrected chi connectivity index (χ2v) is 5.18. The number of β-amino-alcohol motifs (C(OH)–C–C–N with tert-alkyl or cyclic N) is 1. The van der Waals surface area contributed by atoms with Gasteiger partial charge in [-0.3, -0.25) is 4.90 Å². The lowest BCUT2D eigenvalue weighted by Gasteiger charge is -2.27. The number of hydrogen-bond acceptors (Lipinski definition) is 5. The molecule has 7 nitrogen and oxygen atoms in total. The highest BCUT2D eigenvalue weighted by Crippen LogP contribution is 2.22. The van der Waals surface area contributed by atoms with E-state index in [9.17, 15) is 14.7 Å². The molecule has 0 spiro atoms. The van der Waals surface area contributed by atoms with E-state index >= 15 is 0 Å². The average Bonchev–Trinajstić information content (AvgIpc) is 2.54. The van der Waals surface area contributed by atoms with Gasteiger partial charge < -0.3 is 19.7 Å². The minimum Gasteiger partial charge on any atom is -0.480 e. The summed E-state index contributed by atoms with van der Waals surface area (Å²) in [6.45, 7) is 4.75. The van der Waals surface area contributed by atoms with Crippen LogP contribution in [0.2, 0.25) is 0 Å². The predicted molar refractivity (Wildman–Crippen MR) is 60.9 cm³/mol. The van der Waals surface area contributed by atoms with Crippen molar-refractivity contribution in [1.82, 2.24) is 4.90 Å². The van der Waals surface area contributed by atoms with Crippen LogP contribution < -0.4 is 0 Å². The minimum absolute atomic E-state index is 0.0825. The number of carboxylic acids is 1. The SMILES string of the molecule is CC(C)(C)OC(=O)N1CC(O)CC1OCC(=O)O. The first-order valence-corrected chi connectivity index (χ1v) is 5.70. The molecule has 0 saturated carbocycles. The Morgan fingerprint density at radius 2 is 2.00 bits per heavy atom. The van der Waals surface area contributed by atoms with Crippen LogP contribution in [0, 0.1) is 0 Å². The summed E-state index contributed by atoms with van der Waals surface area (Å²) >= 11 is 0. The number of hydrogen-bond donors (Lipinski definition) is 2. The zero-order valence-corrected chi connectivity index (χ0v) is 10.8. The molecule has 7 heteroatoms. The van der Waals surface area contributed by atoms with Crippen LogP contribution in [0.1, 0.15) is 27.2 Å². The number of carbonyl (C=O) groups is 2. The number of amides is 1. The fraction of sp³-hybridized carbons (Fsp3) is 0.818. The van der Waals surface area contributed by atoms with Gasteiger partial charge in [0.1, 0.15) is 18.4 Å². The van der Waals surface area contributed by atoms with E-state index in [0.29, 0.717) is 0 Å². The van der Waals surface area contributed by atoms with Gasteiger partial charge in [0.15, 0.2) is 0 Å².